The van der Waals surface area contributed by atoms with Crippen molar-refractivity contribution in [2.75, 3.05) is 46.7 Å². The van der Waals surface area contributed by atoms with Gasteiger partial charge in [-0.05, 0) is 18.2 Å². The molecule has 1 saturated heterocycles. The first-order valence-corrected chi connectivity index (χ1v) is 7.82. The summed E-state index contributed by atoms with van der Waals surface area (Å²) >= 11 is 0. The minimum absolute atomic E-state index is 0. The highest BCUT2D eigenvalue weighted by atomic mass is 35.5. The van der Waals surface area contributed by atoms with Crippen molar-refractivity contribution in [3.8, 4) is 11.5 Å². The number of carbonyl (C=O) groups is 2. The normalized spacial score (nSPS) is 17.0. The second-order valence-corrected chi connectivity index (χ2v) is 5.75. The van der Waals surface area contributed by atoms with Crippen LogP contribution in [0.25, 0.3) is 0 Å². The molecule has 0 bridgehead atoms. The first-order chi connectivity index (χ1) is 11.6. The predicted molar refractivity (Wildman–Crippen MR) is 92.1 cm³/mol. The Morgan fingerprint density at radius 3 is 2.48 bits per heavy atom. The zero-order valence-electron chi connectivity index (χ0n) is 14.0. The zero-order valence-corrected chi connectivity index (χ0v) is 14.8. The smallest absolute Gasteiger partial charge is 0.254 e. The van der Waals surface area contributed by atoms with E-state index in [-0.39, 0.29) is 37.6 Å². The van der Waals surface area contributed by atoms with Crippen LogP contribution in [-0.2, 0) is 9.53 Å². The monoisotopic (exact) mass is 371 g/mol. The fourth-order valence-corrected chi connectivity index (χ4v) is 2.83. The van der Waals surface area contributed by atoms with E-state index in [1.165, 1.54) is 7.11 Å². The fraction of sp³-hybridized carbons (Fsp3) is 0.500. The molecule has 9 heteroatoms. The van der Waals surface area contributed by atoms with E-state index in [4.69, 9.17) is 19.9 Å². The van der Waals surface area contributed by atoms with Crippen molar-refractivity contribution >= 4 is 24.2 Å². The molecule has 2 aliphatic rings. The summed E-state index contributed by atoms with van der Waals surface area (Å²) in [5, 5.41) is 0. The van der Waals surface area contributed by atoms with Crippen LogP contribution in [0.5, 0.6) is 11.5 Å². The van der Waals surface area contributed by atoms with Gasteiger partial charge in [-0.15, -0.1) is 12.4 Å². The van der Waals surface area contributed by atoms with Crippen molar-refractivity contribution in [1.29, 1.82) is 0 Å². The Morgan fingerprint density at radius 1 is 1.16 bits per heavy atom. The number of nitrogens with zero attached hydrogens (tertiary/aromatic N) is 2. The maximum absolute atomic E-state index is 12.6. The minimum Gasteiger partial charge on any atom is -0.454 e. The maximum atomic E-state index is 12.6. The Morgan fingerprint density at radius 2 is 1.80 bits per heavy atom. The third-order valence-corrected chi connectivity index (χ3v) is 4.16. The number of carbonyl (C=O) groups excluding carboxylic acids is 2. The molecular formula is C16H22ClN3O5. The standard InChI is InChI=1S/C16H21N3O5.ClH/c1-22-9-12(17)16(21)19-6-4-18(5-7-19)15(20)11-2-3-13-14(8-11)24-10-23-13;/h2-3,8,12H,4-7,9-10,17H2,1H3;1H. The Kier molecular flexibility index (Phi) is 6.46. The van der Waals surface area contributed by atoms with Crippen molar-refractivity contribution in [1.82, 2.24) is 9.80 Å². The lowest BCUT2D eigenvalue weighted by atomic mass is 10.1. The van der Waals surface area contributed by atoms with E-state index in [0.29, 0.717) is 43.2 Å². The van der Waals surface area contributed by atoms with Gasteiger partial charge in [0, 0.05) is 38.9 Å². The molecule has 0 aliphatic carbocycles. The lowest BCUT2D eigenvalue weighted by Crippen LogP contribution is -2.55. The molecule has 2 amide bonds. The first-order valence-electron chi connectivity index (χ1n) is 7.82. The van der Waals surface area contributed by atoms with Crippen molar-refractivity contribution in [2.24, 2.45) is 5.73 Å². The van der Waals surface area contributed by atoms with Crippen LogP contribution < -0.4 is 15.2 Å². The molecule has 1 aromatic carbocycles. The van der Waals surface area contributed by atoms with Gasteiger partial charge in [-0.3, -0.25) is 9.59 Å². The van der Waals surface area contributed by atoms with Crippen LogP contribution in [0.3, 0.4) is 0 Å². The van der Waals surface area contributed by atoms with Crippen molar-refractivity contribution in [2.45, 2.75) is 6.04 Å². The molecule has 2 N–H and O–H groups in total. The van der Waals surface area contributed by atoms with Crippen LogP contribution in [0.15, 0.2) is 18.2 Å². The molecule has 138 valence electrons. The quantitative estimate of drug-likeness (QED) is 0.806. The molecule has 0 spiro atoms. The van der Waals surface area contributed by atoms with Gasteiger partial charge in [0.05, 0.1) is 6.61 Å². The third-order valence-electron chi connectivity index (χ3n) is 4.16. The van der Waals surface area contributed by atoms with Crippen LogP contribution in [0, 0.1) is 0 Å². The Balaban J connectivity index is 0.00000225. The Hall–Kier alpha value is -2.03. The van der Waals surface area contributed by atoms with E-state index in [0.717, 1.165) is 0 Å². The highest BCUT2D eigenvalue weighted by Gasteiger charge is 2.28. The van der Waals surface area contributed by atoms with E-state index >= 15 is 0 Å². The van der Waals surface area contributed by atoms with Gasteiger partial charge in [0.25, 0.3) is 5.91 Å². The summed E-state index contributed by atoms with van der Waals surface area (Å²) in [6.45, 7) is 2.24. The van der Waals surface area contributed by atoms with Crippen LogP contribution in [-0.4, -0.2) is 74.3 Å². The van der Waals surface area contributed by atoms with E-state index in [2.05, 4.69) is 0 Å². The van der Waals surface area contributed by atoms with Crippen LogP contribution >= 0.6 is 12.4 Å². The molecule has 3 rings (SSSR count). The molecule has 1 atom stereocenters. The molecule has 0 aromatic heterocycles. The molecule has 0 saturated carbocycles. The number of methoxy groups -OCH3 is 1. The summed E-state index contributed by atoms with van der Waals surface area (Å²) in [5.41, 5.74) is 6.32. The fourth-order valence-electron chi connectivity index (χ4n) is 2.83. The third kappa shape index (κ3) is 4.15. The van der Waals surface area contributed by atoms with Crippen molar-refractivity contribution in [3.05, 3.63) is 23.8 Å². The maximum Gasteiger partial charge on any atom is 0.254 e. The summed E-state index contributed by atoms with van der Waals surface area (Å²) < 4.78 is 15.5. The van der Waals surface area contributed by atoms with Gasteiger partial charge in [-0.2, -0.15) is 0 Å². The van der Waals surface area contributed by atoms with Gasteiger partial charge in [0.1, 0.15) is 6.04 Å². The zero-order chi connectivity index (χ0) is 17.1. The molecular weight excluding hydrogens is 350 g/mol. The number of rotatable bonds is 4. The van der Waals surface area contributed by atoms with Crippen molar-refractivity contribution in [3.63, 3.8) is 0 Å². The van der Waals surface area contributed by atoms with Crippen LogP contribution in [0.1, 0.15) is 10.4 Å². The summed E-state index contributed by atoms with van der Waals surface area (Å²) in [6, 6.07) is 4.49. The number of hydrogen-bond donors (Lipinski definition) is 1. The van der Waals surface area contributed by atoms with Gasteiger partial charge in [0.2, 0.25) is 12.7 Å². The van der Waals surface area contributed by atoms with E-state index < -0.39 is 6.04 Å². The van der Waals surface area contributed by atoms with Crippen LogP contribution in [0.4, 0.5) is 0 Å². The molecule has 2 aliphatic heterocycles. The number of halogens is 1. The second kappa shape index (κ2) is 8.37. The summed E-state index contributed by atoms with van der Waals surface area (Å²) in [7, 11) is 1.51. The Bertz CT molecular complexity index is 634. The second-order valence-electron chi connectivity index (χ2n) is 5.75. The Labute approximate surface area is 152 Å². The molecule has 1 aromatic rings. The molecule has 1 unspecified atom stereocenters. The average molecular weight is 372 g/mol. The topological polar surface area (TPSA) is 94.3 Å². The van der Waals surface area contributed by atoms with Gasteiger partial charge < -0.3 is 29.7 Å². The summed E-state index contributed by atoms with van der Waals surface area (Å²) in [4.78, 5) is 28.1. The van der Waals surface area contributed by atoms with E-state index in [1.807, 2.05) is 0 Å². The van der Waals surface area contributed by atoms with E-state index in [9.17, 15) is 9.59 Å². The highest BCUT2D eigenvalue weighted by Crippen LogP contribution is 2.32. The lowest BCUT2D eigenvalue weighted by molar-refractivity contribution is -0.135. The highest BCUT2D eigenvalue weighted by molar-refractivity contribution is 5.95. The molecule has 0 radical (unpaired) electrons. The van der Waals surface area contributed by atoms with Gasteiger partial charge in [0.15, 0.2) is 11.5 Å². The van der Waals surface area contributed by atoms with Gasteiger partial charge >= 0.3 is 0 Å². The largest absolute Gasteiger partial charge is 0.454 e. The predicted octanol–water partition coefficient (Wildman–Crippen LogP) is 0.0952. The number of fused-ring (bicyclic) bond motifs is 1. The number of piperazine rings is 1. The number of amides is 2. The van der Waals surface area contributed by atoms with Crippen LogP contribution in [0.2, 0.25) is 0 Å². The average Bonchev–Trinajstić information content (AvgIpc) is 3.08. The molecule has 8 nitrogen and oxygen atoms in total. The first kappa shape index (κ1) is 19.3. The SMILES string of the molecule is COCC(N)C(=O)N1CCN(C(=O)c2ccc3c(c2)OCO3)CC1.Cl. The molecule has 25 heavy (non-hydrogen) atoms. The molecule has 1 fully saturated rings. The number of nitrogens with two attached hydrogens (primary N) is 1. The van der Waals surface area contributed by atoms with Gasteiger partial charge in [-0.1, -0.05) is 0 Å². The minimum atomic E-state index is -0.661. The summed E-state index contributed by atoms with van der Waals surface area (Å²) in [5.74, 6) is 1.00. The lowest BCUT2D eigenvalue weighted by Gasteiger charge is -2.35. The summed E-state index contributed by atoms with van der Waals surface area (Å²) in [6.07, 6.45) is 0. The number of ether oxygens (including phenoxy) is 3. The number of hydrogen-bond acceptors (Lipinski definition) is 6. The van der Waals surface area contributed by atoms with Gasteiger partial charge in [-0.25, -0.2) is 0 Å². The van der Waals surface area contributed by atoms with Crippen molar-refractivity contribution < 1.29 is 23.8 Å². The number of benzene rings is 1. The van der Waals surface area contributed by atoms with E-state index in [1.54, 1.807) is 28.0 Å². The molecule has 2 heterocycles.